The van der Waals surface area contributed by atoms with E-state index in [9.17, 15) is 4.39 Å². The molecule has 0 fully saturated rings. The highest BCUT2D eigenvalue weighted by molar-refractivity contribution is 5.22. The number of hydrogen-bond donors (Lipinski definition) is 1. The minimum atomic E-state index is -0.421. The molecule has 14 heavy (non-hydrogen) atoms. The van der Waals surface area contributed by atoms with Crippen LogP contribution < -0.4 is 0 Å². The largest absolute Gasteiger partial charge is 0.389 e. The lowest BCUT2D eigenvalue weighted by Gasteiger charge is -2.03. The molecule has 1 aromatic rings. The molecule has 76 valence electrons. The van der Waals surface area contributed by atoms with Crippen molar-refractivity contribution < 1.29 is 9.50 Å². The first-order valence-corrected chi connectivity index (χ1v) is 4.68. The lowest BCUT2D eigenvalue weighted by molar-refractivity contribution is 0.243. The molecule has 1 aromatic carbocycles. The van der Waals surface area contributed by atoms with Gasteiger partial charge in [-0.3, -0.25) is 0 Å². The van der Waals surface area contributed by atoms with E-state index < -0.39 is 6.10 Å². The molecule has 0 aliphatic rings. The SMILES string of the molecule is C/C(=C/C(C)O)Cc1ccc(F)cc1. The third-order valence-corrected chi connectivity index (χ3v) is 1.92. The van der Waals surface area contributed by atoms with Gasteiger partial charge in [-0.2, -0.15) is 0 Å². The third-order valence-electron chi connectivity index (χ3n) is 1.92. The predicted molar refractivity (Wildman–Crippen MR) is 55.5 cm³/mol. The van der Waals surface area contributed by atoms with Crippen LogP contribution in [-0.2, 0) is 6.42 Å². The van der Waals surface area contributed by atoms with Gasteiger partial charge in [0.1, 0.15) is 5.82 Å². The van der Waals surface area contributed by atoms with Crippen molar-refractivity contribution in [2.45, 2.75) is 26.4 Å². The molecule has 0 spiro atoms. The average molecular weight is 194 g/mol. The molecule has 2 heteroatoms. The van der Waals surface area contributed by atoms with Crippen molar-refractivity contribution in [1.29, 1.82) is 0 Å². The summed E-state index contributed by atoms with van der Waals surface area (Å²) < 4.78 is 12.6. The molecular weight excluding hydrogens is 179 g/mol. The molecule has 0 aliphatic heterocycles. The highest BCUT2D eigenvalue weighted by Crippen LogP contribution is 2.09. The van der Waals surface area contributed by atoms with E-state index in [1.54, 1.807) is 25.1 Å². The van der Waals surface area contributed by atoms with E-state index in [0.29, 0.717) is 0 Å². The van der Waals surface area contributed by atoms with Crippen LogP contribution in [0.1, 0.15) is 19.4 Å². The fourth-order valence-electron chi connectivity index (χ4n) is 1.39. The predicted octanol–water partition coefficient (Wildman–Crippen LogP) is 2.70. The van der Waals surface area contributed by atoms with E-state index in [0.717, 1.165) is 17.6 Å². The van der Waals surface area contributed by atoms with Crippen LogP contribution in [0.5, 0.6) is 0 Å². The van der Waals surface area contributed by atoms with E-state index in [1.807, 2.05) is 6.92 Å². The lowest BCUT2D eigenvalue weighted by atomic mass is 10.1. The molecule has 0 aromatic heterocycles. The Bertz CT molecular complexity index is 312. The Balaban J connectivity index is 2.65. The van der Waals surface area contributed by atoms with Gasteiger partial charge in [-0.25, -0.2) is 4.39 Å². The number of aliphatic hydroxyl groups excluding tert-OH is 1. The highest BCUT2D eigenvalue weighted by Gasteiger charge is 1.97. The summed E-state index contributed by atoms with van der Waals surface area (Å²) in [5.74, 6) is -0.217. The topological polar surface area (TPSA) is 20.2 Å². The molecule has 1 unspecified atom stereocenters. The van der Waals surface area contributed by atoms with Gasteiger partial charge in [0, 0.05) is 0 Å². The number of rotatable bonds is 3. The van der Waals surface area contributed by atoms with Crippen LogP contribution in [0.2, 0.25) is 0 Å². The molecule has 0 saturated carbocycles. The summed E-state index contributed by atoms with van der Waals surface area (Å²) in [6.07, 6.45) is 2.13. The normalized spacial score (nSPS) is 14.1. The Morgan fingerprint density at radius 2 is 2.00 bits per heavy atom. The molecule has 1 atom stereocenters. The number of allylic oxidation sites excluding steroid dienone is 1. The molecule has 0 saturated heterocycles. The standard InChI is InChI=1S/C12H15FO/c1-9(7-10(2)14)8-11-3-5-12(13)6-4-11/h3-7,10,14H,8H2,1-2H3/b9-7-. The van der Waals surface area contributed by atoms with E-state index in [1.165, 1.54) is 12.1 Å². The van der Waals surface area contributed by atoms with Crippen molar-refractivity contribution in [2.24, 2.45) is 0 Å². The summed E-state index contributed by atoms with van der Waals surface area (Å²) in [7, 11) is 0. The lowest BCUT2D eigenvalue weighted by Crippen LogP contribution is -1.96. The molecule has 0 aliphatic carbocycles. The quantitative estimate of drug-likeness (QED) is 0.733. The Hall–Kier alpha value is -1.15. The molecule has 0 radical (unpaired) electrons. The van der Waals surface area contributed by atoms with Crippen LogP contribution in [-0.4, -0.2) is 11.2 Å². The second-order valence-corrected chi connectivity index (χ2v) is 3.56. The Labute approximate surface area is 83.9 Å². The Morgan fingerprint density at radius 1 is 1.43 bits per heavy atom. The first-order valence-electron chi connectivity index (χ1n) is 4.68. The summed E-state index contributed by atoms with van der Waals surface area (Å²) in [6.45, 7) is 3.67. The van der Waals surface area contributed by atoms with Crippen LogP contribution in [0.15, 0.2) is 35.9 Å². The van der Waals surface area contributed by atoms with Crippen LogP contribution in [0, 0.1) is 5.82 Å². The maximum absolute atomic E-state index is 12.6. The van der Waals surface area contributed by atoms with Crippen molar-refractivity contribution in [3.8, 4) is 0 Å². The third kappa shape index (κ3) is 3.71. The fraction of sp³-hybridized carbons (Fsp3) is 0.333. The van der Waals surface area contributed by atoms with Gasteiger partial charge in [-0.1, -0.05) is 23.8 Å². The number of benzene rings is 1. The monoisotopic (exact) mass is 194 g/mol. The highest BCUT2D eigenvalue weighted by atomic mass is 19.1. The second kappa shape index (κ2) is 4.91. The van der Waals surface area contributed by atoms with Crippen molar-refractivity contribution in [2.75, 3.05) is 0 Å². The maximum atomic E-state index is 12.6. The summed E-state index contributed by atoms with van der Waals surface area (Å²) in [5.41, 5.74) is 2.15. The van der Waals surface area contributed by atoms with Gasteiger partial charge in [-0.05, 0) is 38.0 Å². The molecule has 0 bridgehead atoms. The van der Waals surface area contributed by atoms with Gasteiger partial charge in [0.05, 0.1) is 6.10 Å². The zero-order valence-electron chi connectivity index (χ0n) is 8.50. The van der Waals surface area contributed by atoms with Gasteiger partial charge < -0.3 is 5.11 Å². The van der Waals surface area contributed by atoms with Crippen LogP contribution in [0.25, 0.3) is 0 Å². The first-order chi connectivity index (χ1) is 6.58. The van der Waals surface area contributed by atoms with Crippen LogP contribution in [0.3, 0.4) is 0 Å². The van der Waals surface area contributed by atoms with Gasteiger partial charge in [0.25, 0.3) is 0 Å². The molecule has 1 rings (SSSR count). The molecule has 0 heterocycles. The van der Waals surface area contributed by atoms with Crippen molar-refractivity contribution in [3.05, 3.63) is 47.3 Å². The van der Waals surface area contributed by atoms with Gasteiger partial charge in [0.2, 0.25) is 0 Å². The van der Waals surface area contributed by atoms with Gasteiger partial charge in [0.15, 0.2) is 0 Å². The van der Waals surface area contributed by atoms with Gasteiger partial charge >= 0.3 is 0 Å². The second-order valence-electron chi connectivity index (χ2n) is 3.56. The van der Waals surface area contributed by atoms with Crippen molar-refractivity contribution in [1.82, 2.24) is 0 Å². The molecule has 0 amide bonds. The number of halogens is 1. The molecule has 1 N–H and O–H groups in total. The first kappa shape index (κ1) is 10.9. The van der Waals surface area contributed by atoms with E-state index in [2.05, 4.69) is 0 Å². The van der Waals surface area contributed by atoms with E-state index >= 15 is 0 Å². The molecular formula is C12H15FO. The Kier molecular flexibility index (Phi) is 3.84. The summed E-state index contributed by atoms with van der Waals surface area (Å²) in [6, 6.07) is 6.42. The van der Waals surface area contributed by atoms with Crippen LogP contribution in [0.4, 0.5) is 4.39 Å². The van der Waals surface area contributed by atoms with Gasteiger partial charge in [-0.15, -0.1) is 0 Å². The van der Waals surface area contributed by atoms with Crippen LogP contribution >= 0.6 is 0 Å². The van der Waals surface area contributed by atoms with E-state index in [-0.39, 0.29) is 5.82 Å². The summed E-state index contributed by atoms with van der Waals surface area (Å²) in [4.78, 5) is 0. The minimum Gasteiger partial charge on any atom is -0.389 e. The fourth-order valence-corrected chi connectivity index (χ4v) is 1.39. The minimum absolute atomic E-state index is 0.217. The number of hydrogen-bond acceptors (Lipinski definition) is 1. The molecule has 1 nitrogen and oxygen atoms in total. The maximum Gasteiger partial charge on any atom is 0.123 e. The average Bonchev–Trinajstić information content (AvgIpc) is 2.07. The smallest absolute Gasteiger partial charge is 0.123 e. The summed E-state index contributed by atoms with van der Waals surface area (Å²) in [5, 5.41) is 9.11. The zero-order chi connectivity index (χ0) is 10.6. The number of aliphatic hydroxyl groups is 1. The van der Waals surface area contributed by atoms with Crippen molar-refractivity contribution >= 4 is 0 Å². The zero-order valence-corrected chi connectivity index (χ0v) is 8.50. The summed E-state index contributed by atoms with van der Waals surface area (Å²) >= 11 is 0. The Morgan fingerprint density at radius 3 is 2.50 bits per heavy atom. The van der Waals surface area contributed by atoms with Crippen molar-refractivity contribution in [3.63, 3.8) is 0 Å². The van der Waals surface area contributed by atoms with E-state index in [4.69, 9.17) is 5.11 Å².